The van der Waals surface area contributed by atoms with E-state index in [1.54, 1.807) is 12.1 Å². The molecule has 0 amide bonds. The van der Waals surface area contributed by atoms with Gasteiger partial charge in [0.15, 0.2) is 5.96 Å². The molecule has 3 N–H and O–H groups in total. The lowest BCUT2D eigenvalue weighted by atomic mass is 10.1. The van der Waals surface area contributed by atoms with Crippen LogP contribution in [0.2, 0.25) is 0 Å². The molecule has 28 heavy (non-hydrogen) atoms. The van der Waals surface area contributed by atoms with Gasteiger partial charge in [-0.15, -0.1) is 24.0 Å². The van der Waals surface area contributed by atoms with Crippen molar-refractivity contribution in [2.75, 3.05) is 13.1 Å². The molecule has 0 spiro atoms. The fourth-order valence-corrected chi connectivity index (χ4v) is 2.51. The highest BCUT2D eigenvalue weighted by molar-refractivity contribution is 14.0. The van der Waals surface area contributed by atoms with Gasteiger partial charge < -0.3 is 20.5 Å². The normalized spacial score (nSPS) is 12.3. The minimum atomic E-state index is -2.87. The third-order valence-corrected chi connectivity index (χ3v) is 3.80. The third-order valence-electron chi connectivity index (χ3n) is 3.80. The minimum absolute atomic E-state index is 0. The first kappa shape index (κ1) is 24.1. The molecular formula is C20H26F2IN3O2. The molecule has 1 unspecified atom stereocenters. The predicted octanol–water partition coefficient (Wildman–Crippen LogP) is 4.00. The molecule has 8 heteroatoms. The highest BCUT2D eigenvalue weighted by Gasteiger charge is 2.10. The molecule has 0 aliphatic heterocycles. The molecule has 0 heterocycles. The molecule has 0 fully saturated rings. The number of hydrogen-bond acceptors (Lipinski definition) is 3. The van der Waals surface area contributed by atoms with Crippen LogP contribution in [0.5, 0.6) is 5.75 Å². The van der Waals surface area contributed by atoms with Gasteiger partial charge in [-0.25, -0.2) is 4.99 Å². The number of nitrogens with zero attached hydrogens (tertiary/aromatic N) is 1. The summed E-state index contributed by atoms with van der Waals surface area (Å²) in [5.41, 5.74) is 2.87. The number of nitrogens with one attached hydrogen (secondary N) is 2. The number of ether oxygens (including phenoxy) is 1. The zero-order valence-electron chi connectivity index (χ0n) is 15.9. The molecule has 0 saturated carbocycles. The van der Waals surface area contributed by atoms with E-state index in [4.69, 9.17) is 0 Å². The van der Waals surface area contributed by atoms with Crippen LogP contribution in [0.15, 0.2) is 53.5 Å². The van der Waals surface area contributed by atoms with Crippen LogP contribution >= 0.6 is 24.0 Å². The Bertz CT molecular complexity index is 742. The lowest BCUT2D eigenvalue weighted by Crippen LogP contribution is -2.39. The fourth-order valence-electron chi connectivity index (χ4n) is 2.51. The highest BCUT2D eigenvalue weighted by atomic mass is 127. The molecule has 0 radical (unpaired) electrons. The van der Waals surface area contributed by atoms with Crippen LogP contribution in [0.4, 0.5) is 8.78 Å². The molecule has 0 bridgehead atoms. The Morgan fingerprint density at radius 3 is 2.46 bits per heavy atom. The van der Waals surface area contributed by atoms with Crippen LogP contribution in [-0.2, 0) is 6.54 Å². The topological polar surface area (TPSA) is 65.9 Å². The predicted molar refractivity (Wildman–Crippen MR) is 117 cm³/mol. The van der Waals surface area contributed by atoms with Crippen molar-refractivity contribution < 1.29 is 18.6 Å². The van der Waals surface area contributed by atoms with E-state index in [1.165, 1.54) is 17.7 Å². The Morgan fingerprint density at radius 2 is 1.86 bits per heavy atom. The molecule has 0 aromatic heterocycles. The monoisotopic (exact) mass is 505 g/mol. The molecule has 5 nitrogen and oxygen atoms in total. The van der Waals surface area contributed by atoms with Crippen molar-refractivity contribution in [3.8, 4) is 5.75 Å². The molecule has 2 aromatic rings. The van der Waals surface area contributed by atoms with Gasteiger partial charge in [0, 0.05) is 13.1 Å². The second kappa shape index (κ2) is 12.5. The molecule has 0 aliphatic rings. The van der Waals surface area contributed by atoms with Gasteiger partial charge in [0.2, 0.25) is 0 Å². The maximum Gasteiger partial charge on any atom is 0.387 e. The average molecular weight is 505 g/mol. The van der Waals surface area contributed by atoms with Gasteiger partial charge in [-0.3, -0.25) is 0 Å². The maximum absolute atomic E-state index is 12.2. The van der Waals surface area contributed by atoms with Crippen molar-refractivity contribution in [2.24, 2.45) is 4.99 Å². The van der Waals surface area contributed by atoms with Gasteiger partial charge in [0.25, 0.3) is 0 Å². The number of rotatable bonds is 8. The molecule has 2 rings (SSSR count). The summed E-state index contributed by atoms with van der Waals surface area (Å²) in [5, 5.41) is 16.5. The fraction of sp³-hybridized carbons (Fsp3) is 0.350. The van der Waals surface area contributed by atoms with E-state index in [0.717, 1.165) is 5.56 Å². The van der Waals surface area contributed by atoms with E-state index in [-0.39, 0.29) is 36.3 Å². The lowest BCUT2D eigenvalue weighted by molar-refractivity contribution is -0.0498. The molecule has 0 saturated heterocycles. The van der Waals surface area contributed by atoms with Gasteiger partial charge >= 0.3 is 6.61 Å². The molecule has 1 atom stereocenters. The SMILES string of the molecule is CCNC(=NCc1cccc(C)c1)NCC(O)c1ccc(OC(F)F)cc1.I. The summed E-state index contributed by atoms with van der Waals surface area (Å²) in [7, 11) is 0. The minimum Gasteiger partial charge on any atom is -0.435 e. The summed E-state index contributed by atoms with van der Waals surface area (Å²) in [6, 6.07) is 14.0. The van der Waals surface area contributed by atoms with Gasteiger partial charge in [-0.1, -0.05) is 42.0 Å². The van der Waals surface area contributed by atoms with Gasteiger partial charge in [0.05, 0.1) is 12.6 Å². The van der Waals surface area contributed by atoms with Crippen LogP contribution in [0, 0.1) is 6.92 Å². The Labute approximate surface area is 181 Å². The number of aliphatic hydroxyl groups excluding tert-OH is 1. The summed E-state index contributed by atoms with van der Waals surface area (Å²) < 4.78 is 28.7. The summed E-state index contributed by atoms with van der Waals surface area (Å²) >= 11 is 0. The quantitative estimate of drug-likeness (QED) is 0.288. The van der Waals surface area contributed by atoms with Crippen molar-refractivity contribution in [1.82, 2.24) is 10.6 Å². The number of alkyl halides is 2. The Hall–Kier alpha value is -1.94. The zero-order valence-corrected chi connectivity index (χ0v) is 18.2. The summed E-state index contributed by atoms with van der Waals surface area (Å²) in [4.78, 5) is 4.52. The van der Waals surface area contributed by atoms with E-state index in [0.29, 0.717) is 24.6 Å². The van der Waals surface area contributed by atoms with Crippen molar-refractivity contribution in [3.05, 3.63) is 65.2 Å². The number of hydrogen-bond donors (Lipinski definition) is 3. The number of aliphatic hydroxyl groups is 1. The summed E-state index contributed by atoms with van der Waals surface area (Å²) in [5.74, 6) is 0.651. The summed E-state index contributed by atoms with van der Waals surface area (Å²) in [6.07, 6.45) is -0.812. The number of aliphatic imine (C=N–C) groups is 1. The van der Waals surface area contributed by atoms with E-state index >= 15 is 0 Å². The van der Waals surface area contributed by atoms with Crippen molar-refractivity contribution >= 4 is 29.9 Å². The first-order chi connectivity index (χ1) is 13.0. The third kappa shape index (κ3) is 8.39. The van der Waals surface area contributed by atoms with E-state index < -0.39 is 12.7 Å². The van der Waals surface area contributed by atoms with Crippen LogP contribution in [-0.4, -0.2) is 30.8 Å². The van der Waals surface area contributed by atoms with Crippen LogP contribution in [0.25, 0.3) is 0 Å². The van der Waals surface area contributed by atoms with Gasteiger partial charge in [0.1, 0.15) is 5.75 Å². The van der Waals surface area contributed by atoms with Crippen molar-refractivity contribution in [2.45, 2.75) is 33.1 Å². The van der Waals surface area contributed by atoms with Crippen LogP contribution in [0.1, 0.15) is 29.7 Å². The number of halogens is 3. The molecule has 2 aromatic carbocycles. The zero-order chi connectivity index (χ0) is 19.6. The van der Waals surface area contributed by atoms with Crippen LogP contribution < -0.4 is 15.4 Å². The average Bonchev–Trinajstić information content (AvgIpc) is 2.64. The standard InChI is InChI=1S/C20H25F2N3O2.HI/c1-3-23-20(24-12-15-6-4-5-14(2)11-15)25-13-18(26)16-7-9-17(10-8-16)27-19(21)22;/h4-11,18-19,26H,3,12-13H2,1-2H3,(H2,23,24,25);1H. The van der Waals surface area contributed by atoms with Gasteiger partial charge in [-0.05, 0) is 37.1 Å². The summed E-state index contributed by atoms with van der Waals surface area (Å²) in [6.45, 7) is 2.57. The highest BCUT2D eigenvalue weighted by Crippen LogP contribution is 2.19. The van der Waals surface area contributed by atoms with Crippen LogP contribution in [0.3, 0.4) is 0 Å². The van der Waals surface area contributed by atoms with E-state index in [2.05, 4.69) is 26.4 Å². The maximum atomic E-state index is 12.2. The Morgan fingerprint density at radius 1 is 1.14 bits per heavy atom. The molecule has 0 aliphatic carbocycles. The molecular weight excluding hydrogens is 479 g/mol. The largest absolute Gasteiger partial charge is 0.435 e. The second-order valence-corrected chi connectivity index (χ2v) is 6.03. The lowest BCUT2D eigenvalue weighted by Gasteiger charge is -2.16. The van der Waals surface area contributed by atoms with E-state index in [9.17, 15) is 13.9 Å². The first-order valence-corrected chi connectivity index (χ1v) is 8.78. The Kier molecular flexibility index (Phi) is 10.8. The second-order valence-electron chi connectivity index (χ2n) is 6.03. The first-order valence-electron chi connectivity index (χ1n) is 8.78. The number of benzene rings is 2. The smallest absolute Gasteiger partial charge is 0.387 e. The molecule has 154 valence electrons. The van der Waals surface area contributed by atoms with Crippen molar-refractivity contribution in [1.29, 1.82) is 0 Å². The van der Waals surface area contributed by atoms with Gasteiger partial charge in [-0.2, -0.15) is 8.78 Å². The van der Waals surface area contributed by atoms with E-state index in [1.807, 2.05) is 32.0 Å². The number of guanidine groups is 1. The Balaban J connectivity index is 0.00000392. The number of aryl methyl sites for hydroxylation is 1. The van der Waals surface area contributed by atoms with Crippen molar-refractivity contribution in [3.63, 3.8) is 0 Å².